The van der Waals surface area contributed by atoms with Crippen molar-refractivity contribution < 1.29 is 13.2 Å². The minimum atomic E-state index is -3.65. The largest absolute Gasteiger partial charge is 0.342 e. The Morgan fingerprint density at radius 3 is 2.77 bits per heavy atom. The second kappa shape index (κ2) is 6.34. The van der Waals surface area contributed by atoms with Crippen LogP contribution in [0.1, 0.15) is 38.7 Å². The van der Waals surface area contributed by atoms with Gasteiger partial charge in [-0.2, -0.15) is 9.42 Å². The maximum Gasteiger partial charge on any atom is 0.243 e. The predicted molar refractivity (Wildman–Crippen MR) is 112 cm³/mol. The fourth-order valence-corrected chi connectivity index (χ4v) is 7.03. The molecule has 5 rings (SSSR count). The number of aryl methyl sites for hydroxylation is 1. The average Bonchev–Trinajstić information content (AvgIpc) is 3.29. The van der Waals surface area contributed by atoms with Gasteiger partial charge in [0.15, 0.2) is 11.6 Å². The summed E-state index contributed by atoms with van der Waals surface area (Å²) in [5.41, 5.74) is 2.74. The van der Waals surface area contributed by atoms with Gasteiger partial charge in [0, 0.05) is 41.8 Å². The van der Waals surface area contributed by atoms with Crippen LogP contribution in [0.3, 0.4) is 0 Å². The molecule has 1 N–H and O–H groups in total. The van der Waals surface area contributed by atoms with E-state index in [-0.39, 0.29) is 17.7 Å². The van der Waals surface area contributed by atoms with Gasteiger partial charge in [0.2, 0.25) is 10.0 Å². The number of nitrogens with one attached hydrogen (secondary N) is 1. The number of azo groups is 1. The van der Waals surface area contributed by atoms with Crippen molar-refractivity contribution in [2.75, 3.05) is 19.6 Å². The maximum atomic E-state index is 13.4. The van der Waals surface area contributed by atoms with Gasteiger partial charge in [0.05, 0.1) is 11.4 Å². The number of nitrogens with zero attached hydrogens (tertiary/aromatic N) is 3. The van der Waals surface area contributed by atoms with E-state index in [1.54, 1.807) is 18.2 Å². The third kappa shape index (κ3) is 2.80. The van der Waals surface area contributed by atoms with Crippen LogP contribution in [0.4, 0.5) is 0 Å². The number of carbonyl (C=O) groups is 1. The molecule has 1 aliphatic carbocycles. The first-order chi connectivity index (χ1) is 14.1. The van der Waals surface area contributed by atoms with Crippen molar-refractivity contribution in [2.24, 2.45) is 21.1 Å². The van der Waals surface area contributed by atoms with Crippen LogP contribution in [-0.4, -0.2) is 38.1 Å². The summed E-state index contributed by atoms with van der Waals surface area (Å²) in [7, 11) is -3.65. The van der Waals surface area contributed by atoms with E-state index >= 15 is 0 Å². The minimum Gasteiger partial charge on any atom is -0.342 e. The van der Waals surface area contributed by atoms with Gasteiger partial charge in [-0.3, -0.25) is 4.79 Å². The molecule has 1 saturated heterocycles. The first kappa shape index (κ1) is 19.6. The Labute approximate surface area is 177 Å². The Morgan fingerprint density at radius 1 is 1.20 bits per heavy atom. The van der Waals surface area contributed by atoms with E-state index in [0.29, 0.717) is 36.6 Å². The van der Waals surface area contributed by atoms with Gasteiger partial charge in [-0.05, 0) is 42.9 Å². The van der Waals surface area contributed by atoms with Gasteiger partial charge in [0.25, 0.3) is 0 Å². The monoisotopic (exact) mass is 426 g/mol. The van der Waals surface area contributed by atoms with E-state index in [0.717, 1.165) is 28.8 Å². The summed E-state index contributed by atoms with van der Waals surface area (Å²) in [5, 5.41) is 11.8. The zero-order chi connectivity index (χ0) is 21.3. The molecular formula is C22H26N4O3S. The second-order valence-electron chi connectivity index (χ2n) is 9.63. The number of rotatable bonds is 2. The van der Waals surface area contributed by atoms with Gasteiger partial charge in [-0.25, -0.2) is 8.42 Å². The lowest BCUT2D eigenvalue weighted by atomic mass is 9.63. The quantitative estimate of drug-likeness (QED) is 0.785. The topological polar surface area (TPSA) is 91.2 Å². The summed E-state index contributed by atoms with van der Waals surface area (Å²) in [6.45, 7) is 7.11. The molecule has 0 bridgehead atoms. The van der Waals surface area contributed by atoms with Crippen LogP contribution in [0.25, 0.3) is 0 Å². The Balaban J connectivity index is 1.58. The van der Waals surface area contributed by atoms with Gasteiger partial charge < -0.3 is 5.32 Å². The first-order valence-corrected chi connectivity index (χ1v) is 11.8. The van der Waals surface area contributed by atoms with Crippen LogP contribution in [0, 0.1) is 17.8 Å². The van der Waals surface area contributed by atoms with E-state index in [4.69, 9.17) is 0 Å². The Kier molecular flexibility index (Phi) is 4.15. The smallest absolute Gasteiger partial charge is 0.243 e. The molecular weight excluding hydrogens is 400 g/mol. The summed E-state index contributed by atoms with van der Waals surface area (Å²) in [4.78, 5) is 13.6. The third-order valence-corrected chi connectivity index (χ3v) is 8.59. The lowest BCUT2D eigenvalue weighted by Crippen LogP contribution is -2.45. The SMILES string of the molecule is Cc1cccc(S(=O)(=O)N2CC[C@@]3(C2)C2=C(N=NC2)NC2=C3C(=O)CC(C)(C)C2)c1. The molecule has 1 fully saturated rings. The van der Waals surface area contributed by atoms with Crippen molar-refractivity contribution >= 4 is 15.8 Å². The standard InChI is InChI=1S/C22H26N4O3S/c1-14-5-4-6-15(9-14)30(28,29)26-8-7-22(13-26)16-12-23-25-20(16)24-17-10-21(2,3)11-18(27)19(17)22/h4-6,9,24H,7-8,10-13H2,1-3H3/t22-/m1/s1. The number of ketones is 1. The summed E-state index contributed by atoms with van der Waals surface area (Å²) < 4.78 is 28.3. The van der Waals surface area contributed by atoms with Gasteiger partial charge in [-0.1, -0.05) is 26.0 Å². The summed E-state index contributed by atoms with van der Waals surface area (Å²) >= 11 is 0. The first-order valence-electron chi connectivity index (χ1n) is 10.3. The van der Waals surface area contributed by atoms with Crippen molar-refractivity contribution in [3.8, 4) is 0 Å². The van der Waals surface area contributed by atoms with Crippen LogP contribution in [0.5, 0.6) is 0 Å². The van der Waals surface area contributed by atoms with Crippen LogP contribution >= 0.6 is 0 Å². The summed E-state index contributed by atoms with van der Waals surface area (Å²) in [6.07, 6.45) is 1.79. The number of dihydropyridines is 1. The molecule has 1 spiro atoms. The highest BCUT2D eigenvalue weighted by Crippen LogP contribution is 2.54. The summed E-state index contributed by atoms with van der Waals surface area (Å²) in [5.74, 6) is 0.816. The number of allylic oxidation sites excluding steroid dienone is 1. The van der Waals surface area contributed by atoms with Gasteiger partial charge in [-0.15, -0.1) is 5.11 Å². The molecule has 4 aliphatic rings. The molecule has 158 valence electrons. The van der Waals surface area contributed by atoms with Gasteiger partial charge >= 0.3 is 0 Å². The van der Waals surface area contributed by atoms with Crippen LogP contribution in [-0.2, 0) is 14.8 Å². The average molecular weight is 427 g/mol. The fraction of sp³-hybridized carbons (Fsp3) is 0.500. The molecule has 1 aromatic carbocycles. The number of Topliss-reactive ketones (excluding diaryl/α,β-unsaturated/α-hetero) is 1. The number of benzene rings is 1. The zero-order valence-electron chi connectivity index (χ0n) is 17.5. The molecule has 8 heteroatoms. The van der Waals surface area contributed by atoms with E-state index in [1.807, 2.05) is 13.0 Å². The third-order valence-electron chi connectivity index (χ3n) is 6.75. The minimum absolute atomic E-state index is 0.113. The van der Waals surface area contributed by atoms with Crippen LogP contribution in [0.2, 0.25) is 0 Å². The second-order valence-corrected chi connectivity index (χ2v) is 11.6. The normalized spacial score (nSPS) is 28.2. The van der Waals surface area contributed by atoms with E-state index in [2.05, 4.69) is 29.4 Å². The van der Waals surface area contributed by atoms with Crippen molar-refractivity contribution in [3.05, 3.63) is 52.5 Å². The zero-order valence-corrected chi connectivity index (χ0v) is 18.3. The summed E-state index contributed by atoms with van der Waals surface area (Å²) in [6, 6.07) is 6.99. The van der Waals surface area contributed by atoms with E-state index in [1.165, 1.54) is 4.31 Å². The highest BCUT2D eigenvalue weighted by Gasteiger charge is 2.55. The Hall–Kier alpha value is -2.32. The molecule has 1 aromatic rings. The molecule has 1 atom stereocenters. The lowest BCUT2D eigenvalue weighted by molar-refractivity contribution is -0.119. The molecule has 30 heavy (non-hydrogen) atoms. The van der Waals surface area contributed by atoms with Crippen LogP contribution < -0.4 is 5.32 Å². The molecule has 0 unspecified atom stereocenters. The molecule has 0 aromatic heterocycles. The lowest BCUT2D eigenvalue weighted by Gasteiger charge is -2.43. The highest BCUT2D eigenvalue weighted by atomic mass is 32.2. The Bertz CT molecular complexity index is 1160. The van der Waals surface area contributed by atoms with E-state index < -0.39 is 15.4 Å². The van der Waals surface area contributed by atoms with Crippen molar-refractivity contribution in [1.82, 2.24) is 9.62 Å². The number of hydrogen-bond donors (Lipinski definition) is 1. The fourth-order valence-electron chi connectivity index (χ4n) is 5.42. The molecule has 0 saturated carbocycles. The molecule has 3 aliphatic heterocycles. The number of carbonyl (C=O) groups excluding carboxylic acids is 1. The van der Waals surface area contributed by atoms with E-state index in [9.17, 15) is 13.2 Å². The van der Waals surface area contributed by atoms with Crippen molar-refractivity contribution in [1.29, 1.82) is 0 Å². The molecule has 0 radical (unpaired) electrons. The highest BCUT2D eigenvalue weighted by molar-refractivity contribution is 7.89. The van der Waals surface area contributed by atoms with Crippen molar-refractivity contribution in [3.63, 3.8) is 0 Å². The van der Waals surface area contributed by atoms with Crippen LogP contribution in [0.15, 0.2) is 62.1 Å². The molecule has 7 nitrogen and oxygen atoms in total. The Morgan fingerprint density at radius 2 is 2.00 bits per heavy atom. The number of hydrogen-bond acceptors (Lipinski definition) is 6. The number of sulfonamides is 1. The molecule has 0 amide bonds. The number of fused-ring (bicyclic) bond motifs is 2. The van der Waals surface area contributed by atoms with Gasteiger partial charge in [0.1, 0.15) is 0 Å². The maximum absolute atomic E-state index is 13.4. The molecule has 3 heterocycles. The predicted octanol–water partition coefficient (Wildman–Crippen LogP) is 3.30. The van der Waals surface area contributed by atoms with Crippen molar-refractivity contribution in [2.45, 2.75) is 44.9 Å².